The first-order chi connectivity index (χ1) is 8.90. The fraction of sp³-hybridized carbons (Fsp3) is 0.929. The number of alkyl halides is 3. The Morgan fingerprint density at radius 2 is 1.42 bits per heavy atom. The van der Waals surface area contributed by atoms with Crippen LogP contribution in [-0.2, 0) is 4.79 Å². The van der Waals surface area contributed by atoms with Crippen LogP contribution in [0.15, 0.2) is 0 Å². The maximum atomic E-state index is 12.1. The minimum atomic E-state index is -1.33. The summed E-state index contributed by atoms with van der Waals surface area (Å²) in [6.45, 7) is 5.98. The zero-order chi connectivity index (χ0) is 14.7. The molecule has 1 amide bonds. The summed E-state index contributed by atoms with van der Waals surface area (Å²) < 4.78 is -1.33. The number of carbonyl (C=O) groups excluding carboxylic acids is 1. The molecule has 0 aliphatic carbocycles. The van der Waals surface area contributed by atoms with E-state index < -0.39 is 3.79 Å². The molecule has 0 heterocycles. The second-order valence-electron chi connectivity index (χ2n) is 4.91. The van der Waals surface area contributed by atoms with Crippen LogP contribution >= 0.6 is 34.8 Å². The lowest BCUT2D eigenvalue weighted by Crippen LogP contribution is -2.33. The van der Waals surface area contributed by atoms with Gasteiger partial charge in [-0.2, -0.15) is 0 Å². The predicted molar refractivity (Wildman–Crippen MR) is 85.2 cm³/mol. The van der Waals surface area contributed by atoms with Crippen LogP contribution < -0.4 is 0 Å². The van der Waals surface area contributed by atoms with Crippen molar-refractivity contribution in [3.8, 4) is 0 Å². The lowest BCUT2D eigenvalue weighted by Gasteiger charge is -2.23. The van der Waals surface area contributed by atoms with Gasteiger partial charge >= 0.3 is 0 Å². The highest BCUT2D eigenvalue weighted by atomic mass is 35.6. The van der Waals surface area contributed by atoms with E-state index in [4.69, 9.17) is 34.8 Å². The van der Waals surface area contributed by atoms with Crippen LogP contribution in [0.25, 0.3) is 0 Å². The van der Waals surface area contributed by atoms with Crippen LogP contribution in [0.1, 0.15) is 65.2 Å². The summed E-state index contributed by atoms with van der Waals surface area (Å²) in [7, 11) is 0. The molecule has 0 aliphatic heterocycles. The third kappa shape index (κ3) is 11.8. The van der Waals surface area contributed by atoms with E-state index in [0.29, 0.717) is 6.42 Å². The maximum Gasteiger partial charge on any atom is 0.222 e. The highest BCUT2D eigenvalue weighted by Gasteiger charge is 2.22. The van der Waals surface area contributed by atoms with Gasteiger partial charge in [0.25, 0.3) is 0 Å². The van der Waals surface area contributed by atoms with Gasteiger partial charge in [-0.25, -0.2) is 0 Å². The normalized spacial score (nSPS) is 11.6. The molecule has 0 spiro atoms. The summed E-state index contributed by atoms with van der Waals surface area (Å²) >= 11 is 17.1. The van der Waals surface area contributed by atoms with Crippen LogP contribution in [0.3, 0.4) is 0 Å². The number of unbranched alkanes of at least 4 members (excludes halogenated alkanes) is 4. The van der Waals surface area contributed by atoms with E-state index in [-0.39, 0.29) is 12.3 Å². The summed E-state index contributed by atoms with van der Waals surface area (Å²) in [5, 5.41) is 0. The Labute approximate surface area is 132 Å². The molecule has 2 nitrogen and oxygen atoms in total. The zero-order valence-corrected chi connectivity index (χ0v) is 14.3. The number of halogens is 3. The SMILES string of the molecule is CCCCCN(CCCCC)C(=O)CCC(Cl)(Cl)Cl. The van der Waals surface area contributed by atoms with Gasteiger partial charge in [0.2, 0.25) is 5.91 Å². The zero-order valence-electron chi connectivity index (χ0n) is 12.1. The van der Waals surface area contributed by atoms with Gasteiger partial charge in [-0.15, -0.1) is 0 Å². The Kier molecular flexibility index (Phi) is 11.2. The lowest BCUT2D eigenvalue weighted by atomic mass is 10.2. The Balaban J connectivity index is 4.15. The van der Waals surface area contributed by atoms with Crippen LogP contribution in [0.5, 0.6) is 0 Å². The summed E-state index contributed by atoms with van der Waals surface area (Å²) in [5.74, 6) is 0.110. The van der Waals surface area contributed by atoms with E-state index in [0.717, 1.165) is 51.6 Å². The van der Waals surface area contributed by atoms with Gasteiger partial charge in [-0.05, 0) is 12.8 Å². The van der Waals surface area contributed by atoms with Crippen molar-refractivity contribution in [2.24, 2.45) is 0 Å². The van der Waals surface area contributed by atoms with Crippen molar-refractivity contribution in [1.82, 2.24) is 4.90 Å². The quantitative estimate of drug-likeness (QED) is 0.391. The van der Waals surface area contributed by atoms with Gasteiger partial charge in [-0.1, -0.05) is 74.3 Å². The van der Waals surface area contributed by atoms with Gasteiger partial charge < -0.3 is 4.90 Å². The number of nitrogens with zero attached hydrogens (tertiary/aromatic N) is 1. The molecular weight excluding hydrogens is 305 g/mol. The van der Waals surface area contributed by atoms with Gasteiger partial charge in [0.05, 0.1) is 0 Å². The third-order valence-corrected chi connectivity index (χ3v) is 3.61. The van der Waals surface area contributed by atoms with Crippen molar-refractivity contribution in [2.45, 2.75) is 69.0 Å². The molecule has 0 aromatic carbocycles. The van der Waals surface area contributed by atoms with Crippen molar-refractivity contribution in [1.29, 1.82) is 0 Å². The maximum absolute atomic E-state index is 12.1. The van der Waals surface area contributed by atoms with Crippen molar-refractivity contribution in [3.05, 3.63) is 0 Å². The Bertz CT molecular complexity index is 231. The minimum absolute atomic E-state index is 0.110. The van der Waals surface area contributed by atoms with E-state index in [1.54, 1.807) is 0 Å². The number of hydrogen-bond donors (Lipinski definition) is 0. The molecule has 0 atom stereocenters. The van der Waals surface area contributed by atoms with Gasteiger partial charge in [0.1, 0.15) is 0 Å². The fourth-order valence-corrected chi connectivity index (χ4v) is 2.16. The molecule has 0 saturated heterocycles. The highest BCUT2D eigenvalue weighted by Crippen LogP contribution is 2.31. The molecule has 0 N–H and O–H groups in total. The third-order valence-electron chi connectivity index (χ3n) is 3.04. The van der Waals surface area contributed by atoms with Gasteiger partial charge in [-0.3, -0.25) is 4.79 Å². The Hall–Kier alpha value is 0.340. The summed E-state index contributed by atoms with van der Waals surface area (Å²) in [5.41, 5.74) is 0. The van der Waals surface area contributed by atoms with Crippen LogP contribution in [0.2, 0.25) is 0 Å². The van der Waals surface area contributed by atoms with Crippen molar-refractivity contribution in [2.75, 3.05) is 13.1 Å². The minimum Gasteiger partial charge on any atom is -0.343 e. The van der Waals surface area contributed by atoms with Crippen LogP contribution in [-0.4, -0.2) is 27.7 Å². The first-order valence-electron chi connectivity index (χ1n) is 7.25. The van der Waals surface area contributed by atoms with Crippen molar-refractivity contribution >= 4 is 40.7 Å². The molecule has 5 heteroatoms. The molecule has 0 unspecified atom stereocenters. The van der Waals surface area contributed by atoms with Gasteiger partial charge in [0.15, 0.2) is 3.79 Å². The summed E-state index contributed by atoms with van der Waals surface area (Å²) in [6, 6.07) is 0. The largest absolute Gasteiger partial charge is 0.343 e. The van der Waals surface area contributed by atoms with E-state index in [1.807, 2.05) is 4.90 Å². The lowest BCUT2D eigenvalue weighted by molar-refractivity contribution is -0.131. The average Bonchev–Trinajstić information content (AvgIpc) is 2.33. The average molecular weight is 331 g/mol. The van der Waals surface area contributed by atoms with E-state index in [1.165, 1.54) is 0 Å². The smallest absolute Gasteiger partial charge is 0.222 e. The second kappa shape index (κ2) is 11.0. The number of carbonyl (C=O) groups is 1. The Morgan fingerprint density at radius 3 is 1.79 bits per heavy atom. The number of hydrogen-bond acceptors (Lipinski definition) is 1. The first kappa shape index (κ1) is 19.3. The molecule has 0 radical (unpaired) electrons. The molecule has 0 aliphatic rings. The molecule has 0 aromatic heterocycles. The van der Waals surface area contributed by atoms with E-state index >= 15 is 0 Å². The Morgan fingerprint density at radius 1 is 0.947 bits per heavy atom. The van der Waals surface area contributed by atoms with Crippen molar-refractivity contribution < 1.29 is 4.79 Å². The van der Waals surface area contributed by atoms with Crippen LogP contribution in [0, 0.1) is 0 Å². The molecule has 0 fully saturated rings. The molecule has 19 heavy (non-hydrogen) atoms. The number of amides is 1. The van der Waals surface area contributed by atoms with Gasteiger partial charge in [0, 0.05) is 25.9 Å². The molecule has 0 rings (SSSR count). The molecule has 0 saturated carbocycles. The molecule has 0 bridgehead atoms. The van der Waals surface area contributed by atoms with Crippen molar-refractivity contribution in [3.63, 3.8) is 0 Å². The molecule has 114 valence electrons. The number of rotatable bonds is 10. The summed E-state index contributed by atoms with van der Waals surface area (Å²) in [4.78, 5) is 14.1. The highest BCUT2D eigenvalue weighted by molar-refractivity contribution is 6.67. The molecule has 0 aromatic rings. The monoisotopic (exact) mass is 329 g/mol. The van der Waals surface area contributed by atoms with E-state index in [2.05, 4.69) is 13.8 Å². The van der Waals surface area contributed by atoms with E-state index in [9.17, 15) is 4.79 Å². The standard InChI is InChI=1S/C14H26Cl3NO/c1-3-5-7-11-18(12-8-6-4-2)13(19)9-10-14(15,16)17/h3-12H2,1-2H3. The predicted octanol–water partition coefficient (Wildman–Crippen LogP) is 5.35. The van der Waals surface area contributed by atoms with Crippen LogP contribution in [0.4, 0.5) is 0 Å². The summed E-state index contributed by atoms with van der Waals surface area (Å²) in [6.07, 6.45) is 7.34. The topological polar surface area (TPSA) is 20.3 Å². The fourth-order valence-electron chi connectivity index (χ4n) is 1.87. The second-order valence-corrected chi connectivity index (χ2v) is 7.43. The first-order valence-corrected chi connectivity index (χ1v) is 8.38. The molecular formula is C14H26Cl3NO.